The van der Waals surface area contributed by atoms with Crippen LogP contribution in [0, 0.1) is 5.92 Å². The average Bonchev–Trinajstić information content (AvgIpc) is 2.44. The van der Waals surface area contributed by atoms with Crippen molar-refractivity contribution >= 4 is 11.7 Å². The van der Waals surface area contributed by atoms with Crippen LogP contribution in [0.1, 0.15) is 56.6 Å². The Hall–Kier alpha value is -1.62. The van der Waals surface area contributed by atoms with Gasteiger partial charge >= 0.3 is 0 Å². The molecule has 1 atom stereocenters. The van der Waals surface area contributed by atoms with Gasteiger partial charge < -0.3 is 10.3 Å². The Labute approximate surface area is 127 Å². The van der Waals surface area contributed by atoms with Gasteiger partial charge in [0.15, 0.2) is 0 Å². The Kier molecular flexibility index (Phi) is 6.62. The molecule has 5 nitrogen and oxygen atoms in total. The lowest BCUT2D eigenvalue weighted by Crippen LogP contribution is -2.36. The third-order valence-corrected chi connectivity index (χ3v) is 3.57. The highest BCUT2D eigenvalue weighted by Crippen LogP contribution is 2.16. The van der Waals surface area contributed by atoms with Crippen molar-refractivity contribution < 1.29 is 4.79 Å². The number of aromatic nitrogens is 1. The molecule has 1 unspecified atom stereocenters. The van der Waals surface area contributed by atoms with Gasteiger partial charge in [0.2, 0.25) is 0 Å². The maximum Gasteiger partial charge on any atom is 0.254 e. The molecule has 5 heteroatoms. The minimum Gasteiger partial charge on any atom is -0.339 e. The van der Waals surface area contributed by atoms with E-state index in [4.69, 9.17) is 5.84 Å². The molecule has 0 saturated carbocycles. The van der Waals surface area contributed by atoms with Crippen molar-refractivity contribution in [3.63, 3.8) is 0 Å². The summed E-state index contributed by atoms with van der Waals surface area (Å²) in [6, 6.07) is 3.78. The first-order chi connectivity index (χ1) is 9.88. The summed E-state index contributed by atoms with van der Waals surface area (Å²) in [6.45, 7) is 8.49. The van der Waals surface area contributed by atoms with Crippen molar-refractivity contribution in [2.45, 2.75) is 53.0 Å². The van der Waals surface area contributed by atoms with E-state index in [0.29, 0.717) is 17.3 Å². The maximum atomic E-state index is 12.6. The fourth-order valence-corrected chi connectivity index (χ4v) is 2.41. The van der Waals surface area contributed by atoms with Crippen LogP contribution in [0.15, 0.2) is 12.1 Å². The highest BCUT2D eigenvalue weighted by atomic mass is 16.2. The van der Waals surface area contributed by atoms with E-state index in [2.05, 4.69) is 38.1 Å². The first kappa shape index (κ1) is 17.4. The molecule has 0 spiro atoms. The van der Waals surface area contributed by atoms with Crippen molar-refractivity contribution in [3.05, 3.63) is 23.4 Å². The van der Waals surface area contributed by atoms with Crippen LogP contribution in [-0.2, 0) is 6.42 Å². The van der Waals surface area contributed by atoms with Gasteiger partial charge in [0.1, 0.15) is 5.82 Å². The predicted molar refractivity (Wildman–Crippen MR) is 87.1 cm³/mol. The second-order valence-electron chi connectivity index (χ2n) is 6.02. The summed E-state index contributed by atoms with van der Waals surface area (Å²) in [4.78, 5) is 18.8. The number of carbonyl (C=O) groups is 1. The summed E-state index contributed by atoms with van der Waals surface area (Å²) >= 11 is 0. The zero-order valence-corrected chi connectivity index (χ0v) is 13.8. The molecular weight excluding hydrogens is 264 g/mol. The molecule has 0 radical (unpaired) electrons. The van der Waals surface area contributed by atoms with E-state index in [9.17, 15) is 4.79 Å². The summed E-state index contributed by atoms with van der Waals surface area (Å²) in [5, 5.41) is 0. The first-order valence-corrected chi connectivity index (χ1v) is 7.63. The Bertz CT molecular complexity index is 473. The van der Waals surface area contributed by atoms with Crippen LogP contribution in [0.25, 0.3) is 0 Å². The normalized spacial score (nSPS) is 12.3. The second kappa shape index (κ2) is 7.98. The van der Waals surface area contributed by atoms with Crippen LogP contribution in [0.2, 0.25) is 0 Å². The number of nitrogens with two attached hydrogens (primary N) is 1. The van der Waals surface area contributed by atoms with E-state index in [1.165, 1.54) is 0 Å². The maximum absolute atomic E-state index is 12.6. The van der Waals surface area contributed by atoms with Crippen LogP contribution in [-0.4, -0.2) is 28.9 Å². The fourth-order valence-electron chi connectivity index (χ4n) is 2.41. The lowest BCUT2D eigenvalue weighted by Gasteiger charge is -2.26. The Morgan fingerprint density at radius 1 is 1.38 bits per heavy atom. The summed E-state index contributed by atoms with van der Waals surface area (Å²) in [6.07, 6.45) is 2.80. The topological polar surface area (TPSA) is 71.2 Å². The smallest absolute Gasteiger partial charge is 0.254 e. The SMILES string of the molecule is CCCc1cc(C(=O)N(C)C(C)CC(C)C)cc(NN)n1. The molecule has 118 valence electrons. The van der Waals surface area contributed by atoms with Gasteiger partial charge in [-0.1, -0.05) is 27.2 Å². The predicted octanol–water partition coefficient (Wildman–Crippen LogP) is 2.83. The van der Waals surface area contributed by atoms with Gasteiger partial charge in [-0.15, -0.1) is 0 Å². The molecule has 1 heterocycles. The molecule has 0 aliphatic heterocycles. The number of amides is 1. The van der Waals surface area contributed by atoms with Gasteiger partial charge in [0.05, 0.1) is 0 Å². The van der Waals surface area contributed by atoms with Crippen LogP contribution in [0.3, 0.4) is 0 Å². The fraction of sp³-hybridized carbons (Fsp3) is 0.625. The quantitative estimate of drug-likeness (QED) is 0.599. The van der Waals surface area contributed by atoms with E-state index < -0.39 is 0 Å². The second-order valence-corrected chi connectivity index (χ2v) is 6.02. The third-order valence-electron chi connectivity index (χ3n) is 3.57. The van der Waals surface area contributed by atoms with E-state index in [1.54, 1.807) is 11.0 Å². The van der Waals surface area contributed by atoms with Crippen molar-refractivity contribution in [2.75, 3.05) is 12.5 Å². The van der Waals surface area contributed by atoms with Gasteiger partial charge in [-0.05, 0) is 37.8 Å². The standard InChI is InChI=1S/C16H28N4O/c1-6-7-14-9-13(10-15(18-14)19-17)16(21)20(5)12(4)8-11(2)3/h9-12H,6-8,17H2,1-5H3,(H,18,19). The zero-order valence-electron chi connectivity index (χ0n) is 13.8. The molecule has 0 aromatic carbocycles. The molecule has 1 aromatic heterocycles. The number of aryl methyl sites for hydroxylation is 1. The number of carbonyl (C=O) groups excluding carboxylic acids is 1. The molecule has 0 bridgehead atoms. The number of nitrogens with one attached hydrogen (secondary N) is 1. The zero-order chi connectivity index (χ0) is 16.0. The monoisotopic (exact) mass is 292 g/mol. The summed E-state index contributed by atoms with van der Waals surface area (Å²) in [7, 11) is 1.85. The molecular formula is C16H28N4O. The minimum atomic E-state index is 0.0133. The number of pyridine rings is 1. The molecule has 0 fully saturated rings. The highest BCUT2D eigenvalue weighted by Gasteiger charge is 2.19. The van der Waals surface area contributed by atoms with Gasteiger partial charge in [0, 0.05) is 24.3 Å². The number of anilines is 1. The van der Waals surface area contributed by atoms with Gasteiger partial charge in [-0.25, -0.2) is 10.8 Å². The van der Waals surface area contributed by atoms with Gasteiger partial charge in [0.25, 0.3) is 5.91 Å². The summed E-state index contributed by atoms with van der Waals surface area (Å²) in [5.74, 6) is 6.56. The lowest BCUT2D eigenvalue weighted by molar-refractivity contribution is 0.0728. The highest BCUT2D eigenvalue weighted by molar-refractivity contribution is 5.95. The average molecular weight is 292 g/mol. The number of hydrogen-bond donors (Lipinski definition) is 2. The van der Waals surface area contributed by atoms with Crippen LogP contribution < -0.4 is 11.3 Å². The molecule has 0 aliphatic carbocycles. The van der Waals surface area contributed by atoms with Crippen molar-refractivity contribution in [3.8, 4) is 0 Å². The van der Waals surface area contributed by atoms with Crippen LogP contribution >= 0.6 is 0 Å². The van der Waals surface area contributed by atoms with Crippen molar-refractivity contribution in [2.24, 2.45) is 11.8 Å². The number of nitrogens with zero attached hydrogens (tertiary/aromatic N) is 2. The summed E-state index contributed by atoms with van der Waals surface area (Å²) in [5.41, 5.74) is 4.07. The third kappa shape index (κ3) is 5.01. The van der Waals surface area contributed by atoms with E-state index >= 15 is 0 Å². The summed E-state index contributed by atoms with van der Waals surface area (Å²) < 4.78 is 0. The van der Waals surface area contributed by atoms with E-state index in [0.717, 1.165) is 25.0 Å². The van der Waals surface area contributed by atoms with Crippen molar-refractivity contribution in [1.29, 1.82) is 0 Å². The lowest BCUT2D eigenvalue weighted by atomic mass is 10.0. The molecule has 21 heavy (non-hydrogen) atoms. The number of rotatable bonds is 7. The van der Waals surface area contributed by atoms with E-state index in [-0.39, 0.29) is 11.9 Å². The van der Waals surface area contributed by atoms with Gasteiger partial charge in [-0.2, -0.15) is 0 Å². The van der Waals surface area contributed by atoms with Crippen LogP contribution in [0.4, 0.5) is 5.82 Å². The number of nitrogen functional groups attached to an aromatic ring is 1. The number of hydrazine groups is 1. The molecule has 1 amide bonds. The molecule has 0 aliphatic rings. The largest absolute Gasteiger partial charge is 0.339 e. The molecule has 1 aromatic rings. The van der Waals surface area contributed by atoms with Gasteiger partial charge in [-0.3, -0.25) is 4.79 Å². The minimum absolute atomic E-state index is 0.0133. The van der Waals surface area contributed by atoms with Crippen molar-refractivity contribution in [1.82, 2.24) is 9.88 Å². The molecule has 1 rings (SSSR count). The Morgan fingerprint density at radius 2 is 2.05 bits per heavy atom. The molecule has 0 saturated heterocycles. The number of hydrogen-bond acceptors (Lipinski definition) is 4. The first-order valence-electron chi connectivity index (χ1n) is 7.63. The van der Waals surface area contributed by atoms with E-state index in [1.807, 2.05) is 13.1 Å². The van der Waals surface area contributed by atoms with Crippen LogP contribution in [0.5, 0.6) is 0 Å². The Morgan fingerprint density at radius 3 is 2.57 bits per heavy atom. The molecule has 3 N–H and O–H groups in total. The Balaban J connectivity index is 2.97.